The topological polar surface area (TPSA) is 44.8 Å². The number of hydrogen-bond acceptors (Lipinski definition) is 4. The fourth-order valence-electron chi connectivity index (χ4n) is 2.61. The standard InChI is InChI=1S/C16H22F3N3O2/c1-12(22-9-3-8-21(2)10-11-22)15(23)20-13-4-6-14(7-5-13)24-16(17,18)19/h4-7,12H,3,8-11H2,1-2H3,(H,20,23)/t12-/m0/s1. The van der Waals surface area contributed by atoms with Crippen molar-refractivity contribution in [2.45, 2.75) is 25.7 Å². The van der Waals surface area contributed by atoms with Crippen LogP contribution in [0, 0.1) is 0 Å². The lowest BCUT2D eigenvalue weighted by Crippen LogP contribution is -2.43. The van der Waals surface area contributed by atoms with E-state index < -0.39 is 6.36 Å². The molecule has 1 aromatic rings. The molecule has 0 bridgehead atoms. The van der Waals surface area contributed by atoms with Gasteiger partial charge in [0.05, 0.1) is 6.04 Å². The number of nitrogens with one attached hydrogen (secondary N) is 1. The lowest BCUT2D eigenvalue weighted by atomic mass is 10.2. The van der Waals surface area contributed by atoms with Gasteiger partial charge in [-0.05, 0) is 51.2 Å². The van der Waals surface area contributed by atoms with Crippen LogP contribution in [0.2, 0.25) is 0 Å². The zero-order valence-corrected chi connectivity index (χ0v) is 13.8. The first-order valence-electron chi connectivity index (χ1n) is 7.84. The third kappa shape index (κ3) is 5.68. The maximum Gasteiger partial charge on any atom is 0.573 e. The van der Waals surface area contributed by atoms with Crippen LogP contribution < -0.4 is 10.1 Å². The molecule has 1 fully saturated rings. The van der Waals surface area contributed by atoms with Crippen LogP contribution in [-0.2, 0) is 4.79 Å². The Labute approximate surface area is 139 Å². The Balaban J connectivity index is 1.91. The molecule has 0 aromatic heterocycles. The number of hydrogen-bond donors (Lipinski definition) is 1. The second kappa shape index (κ2) is 7.85. The van der Waals surface area contributed by atoms with E-state index in [1.807, 2.05) is 6.92 Å². The van der Waals surface area contributed by atoms with Crippen LogP contribution >= 0.6 is 0 Å². The zero-order chi connectivity index (χ0) is 17.7. The first-order valence-corrected chi connectivity index (χ1v) is 7.84. The van der Waals surface area contributed by atoms with Crippen molar-refractivity contribution in [1.29, 1.82) is 0 Å². The highest BCUT2D eigenvalue weighted by molar-refractivity contribution is 5.94. The van der Waals surface area contributed by atoms with Crippen molar-refractivity contribution in [1.82, 2.24) is 9.80 Å². The highest BCUT2D eigenvalue weighted by Crippen LogP contribution is 2.24. The Morgan fingerprint density at radius 1 is 1.17 bits per heavy atom. The van der Waals surface area contributed by atoms with E-state index in [0.717, 1.165) is 32.6 Å². The molecule has 1 heterocycles. The van der Waals surface area contributed by atoms with E-state index in [4.69, 9.17) is 0 Å². The molecule has 0 aliphatic carbocycles. The molecule has 1 aliphatic rings. The maximum atomic E-state index is 12.3. The van der Waals surface area contributed by atoms with Crippen LogP contribution in [0.1, 0.15) is 13.3 Å². The molecular formula is C16H22F3N3O2. The van der Waals surface area contributed by atoms with Crippen LogP contribution in [0.25, 0.3) is 0 Å². The molecule has 1 aromatic carbocycles. The Morgan fingerprint density at radius 3 is 2.46 bits per heavy atom. The highest BCUT2D eigenvalue weighted by Gasteiger charge is 2.31. The second-order valence-electron chi connectivity index (χ2n) is 5.93. The number of likely N-dealkylation sites (N-methyl/N-ethyl adjacent to an activating group) is 1. The summed E-state index contributed by atoms with van der Waals surface area (Å²) in [5.41, 5.74) is 0.438. The van der Waals surface area contributed by atoms with Gasteiger partial charge in [0.1, 0.15) is 5.75 Å². The first kappa shape index (κ1) is 18.5. The number of rotatable bonds is 4. The molecule has 134 valence electrons. The summed E-state index contributed by atoms with van der Waals surface area (Å²) in [6.07, 6.45) is -3.73. The van der Waals surface area contributed by atoms with E-state index in [1.54, 1.807) is 0 Å². The molecule has 24 heavy (non-hydrogen) atoms. The largest absolute Gasteiger partial charge is 0.573 e. The van der Waals surface area contributed by atoms with Crippen molar-refractivity contribution in [3.8, 4) is 5.75 Å². The van der Waals surface area contributed by atoms with E-state index in [0.29, 0.717) is 5.69 Å². The Bertz CT molecular complexity index is 548. The van der Waals surface area contributed by atoms with Crippen molar-refractivity contribution in [3.63, 3.8) is 0 Å². The fourth-order valence-corrected chi connectivity index (χ4v) is 2.61. The molecule has 0 unspecified atom stereocenters. The van der Waals surface area contributed by atoms with Crippen LogP contribution in [0.15, 0.2) is 24.3 Å². The van der Waals surface area contributed by atoms with E-state index in [-0.39, 0.29) is 17.7 Å². The number of carbonyl (C=O) groups is 1. The van der Waals surface area contributed by atoms with Gasteiger partial charge in [0.2, 0.25) is 5.91 Å². The summed E-state index contributed by atoms with van der Waals surface area (Å²) in [6.45, 7) is 5.40. The average Bonchev–Trinajstić information content (AvgIpc) is 2.71. The van der Waals surface area contributed by atoms with Gasteiger partial charge in [0.25, 0.3) is 0 Å². The van der Waals surface area contributed by atoms with E-state index in [9.17, 15) is 18.0 Å². The second-order valence-corrected chi connectivity index (χ2v) is 5.93. The normalized spacial score (nSPS) is 18.7. The van der Waals surface area contributed by atoms with Gasteiger partial charge in [0, 0.05) is 25.3 Å². The number of ether oxygens (including phenoxy) is 1. The molecule has 1 saturated heterocycles. The van der Waals surface area contributed by atoms with Crippen molar-refractivity contribution in [2.75, 3.05) is 38.5 Å². The molecule has 1 aliphatic heterocycles. The third-order valence-corrected chi connectivity index (χ3v) is 4.04. The number of anilines is 1. The molecule has 2 rings (SSSR count). The number of nitrogens with zero attached hydrogens (tertiary/aromatic N) is 2. The number of alkyl halides is 3. The number of carbonyl (C=O) groups excluding carboxylic acids is 1. The lowest BCUT2D eigenvalue weighted by Gasteiger charge is -2.26. The van der Waals surface area contributed by atoms with Crippen molar-refractivity contribution in [2.24, 2.45) is 0 Å². The molecule has 1 amide bonds. The summed E-state index contributed by atoms with van der Waals surface area (Å²) >= 11 is 0. The third-order valence-electron chi connectivity index (χ3n) is 4.04. The Hall–Kier alpha value is -1.80. The fraction of sp³-hybridized carbons (Fsp3) is 0.562. The summed E-state index contributed by atoms with van der Waals surface area (Å²) in [7, 11) is 2.05. The minimum absolute atomic E-state index is 0.177. The molecule has 8 heteroatoms. The lowest BCUT2D eigenvalue weighted by molar-refractivity contribution is -0.274. The van der Waals surface area contributed by atoms with Gasteiger partial charge in [-0.3, -0.25) is 9.69 Å². The molecule has 0 saturated carbocycles. The Morgan fingerprint density at radius 2 is 1.83 bits per heavy atom. The van der Waals surface area contributed by atoms with Gasteiger partial charge in [-0.1, -0.05) is 0 Å². The SMILES string of the molecule is C[C@@H](C(=O)Nc1ccc(OC(F)(F)F)cc1)N1CCCN(C)CC1. The van der Waals surface area contributed by atoms with Crippen LogP contribution in [0.4, 0.5) is 18.9 Å². The van der Waals surface area contributed by atoms with Crippen molar-refractivity contribution in [3.05, 3.63) is 24.3 Å². The number of amides is 1. The van der Waals surface area contributed by atoms with Gasteiger partial charge >= 0.3 is 6.36 Å². The van der Waals surface area contributed by atoms with Crippen LogP contribution in [-0.4, -0.2) is 61.3 Å². The summed E-state index contributed by atoms with van der Waals surface area (Å²) in [4.78, 5) is 16.7. The average molecular weight is 345 g/mol. The first-order chi connectivity index (χ1) is 11.2. The molecule has 1 N–H and O–H groups in total. The van der Waals surface area contributed by atoms with E-state index in [1.165, 1.54) is 24.3 Å². The summed E-state index contributed by atoms with van der Waals surface area (Å²) in [6, 6.07) is 4.83. The number of halogens is 3. The predicted molar refractivity (Wildman–Crippen MR) is 84.9 cm³/mol. The monoisotopic (exact) mass is 345 g/mol. The van der Waals surface area contributed by atoms with Gasteiger partial charge in [-0.15, -0.1) is 13.2 Å². The van der Waals surface area contributed by atoms with Gasteiger partial charge in [-0.2, -0.15) is 0 Å². The van der Waals surface area contributed by atoms with Gasteiger partial charge in [-0.25, -0.2) is 0 Å². The minimum atomic E-state index is -4.72. The summed E-state index contributed by atoms with van der Waals surface area (Å²) in [5, 5.41) is 2.73. The molecular weight excluding hydrogens is 323 g/mol. The van der Waals surface area contributed by atoms with Crippen molar-refractivity contribution < 1.29 is 22.7 Å². The van der Waals surface area contributed by atoms with Crippen molar-refractivity contribution >= 4 is 11.6 Å². The molecule has 1 atom stereocenters. The molecule has 0 spiro atoms. The summed E-state index contributed by atoms with van der Waals surface area (Å²) in [5.74, 6) is -0.492. The predicted octanol–water partition coefficient (Wildman–Crippen LogP) is 2.55. The smallest absolute Gasteiger partial charge is 0.406 e. The van der Waals surface area contributed by atoms with E-state index >= 15 is 0 Å². The highest BCUT2D eigenvalue weighted by atomic mass is 19.4. The quantitative estimate of drug-likeness (QED) is 0.911. The molecule has 0 radical (unpaired) electrons. The molecule has 5 nitrogen and oxygen atoms in total. The number of benzene rings is 1. The minimum Gasteiger partial charge on any atom is -0.406 e. The maximum absolute atomic E-state index is 12.3. The van der Waals surface area contributed by atoms with Crippen LogP contribution in [0.5, 0.6) is 5.75 Å². The summed E-state index contributed by atoms with van der Waals surface area (Å²) < 4.78 is 40.2. The zero-order valence-electron chi connectivity index (χ0n) is 13.8. The van der Waals surface area contributed by atoms with E-state index in [2.05, 4.69) is 26.9 Å². The van der Waals surface area contributed by atoms with Crippen LogP contribution in [0.3, 0.4) is 0 Å². The van der Waals surface area contributed by atoms with Gasteiger partial charge < -0.3 is 15.0 Å². The Kier molecular flexibility index (Phi) is 6.06. The van der Waals surface area contributed by atoms with Gasteiger partial charge in [0.15, 0.2) is 0 Å².